The average molecular weight is 268 g/mol. The van der Waals surface area contributed by atoms with Gasteiger partial charge in [-0.3, -0.25) is 14.4 Å². The molecule has 6 nitrogen and oxygen atoms in total. The lowest BCUT2D eigenvalue weighted by molar-refractivity contribution is -0.141. The van der Waals surface area contributed by atoms with Crippen LogP contribution in [0.4, 0.5) is 0 Å². The molecule has 0 aromatic carbocycles. The minimum absolute atomic E-state index is 0.163. The minimum atomic E-state index is -0.838. The van der Waals surface area contributed by atoms with Crippen molar-refractivity contribution in [3.05, 3.63) is 0 Å². The maximum atomic E-state index is 11.9. The minimum Gasteiger partial charge on any atom is -0.481 e. The average Bonchev–Trinajstić information content (AvgIpc) is 3.01. The molecule has 1 unspecified atom stereocenters. The molecule has 0 bridgehead atoms. The molecule has 6 heteroatoms. The Labute approximate surface area is 111 Å². The largest absolute Gasteiger partial charge is 0.481 e. The Bertz CT molecular complexity index is 392. The SMILES string of the molecule is CC(NC(=O)[C@@H]1CC[C@H](C(=O)O)C1)C(=O)NC1CC1. The Morgan fingerprint density at radius 1 is 1.11 bits per heavy atom. The second-order valence-corrected chi connectivity index (χ2v) is 5.56. The predicted molar refractivity (Wildman–Crippen MR) is 67.2 cm³/mol. The number of nitrogens with one attached hydrogen (secondary N) is 2. The molecule has 0 spiro atoms. The van der Waals surface area contributed by atoms with Crippen molar-refractivity contribution in [1.29, 1.82) is 0 Å². The number of rotatable bonds is 5. The van der Waals surface area contributed by atoms with Gasteiger partial charge < -0.3 is 15.7 Å². The lowest BCUT2D eigenvalue weighted by Crippen LogP contribution is -2.47. The van der Waals surface area contributed by atoms with E-state index < -0.39 is 17.9 Å². The summed E-state index contributed by atoms with van der Waals surface area (Å²) in [5.74, 6) is -1.91. The van der Waals surface area contributed by atoms with E-state index in [0.29, 0.717) is 19.3 Å². The maximum absolute atomic E-state index is 11.9. The standard InChI is InChI=1S/C13H20N2O4/c1-7(11(16)15-10-4-5-10)14-12(17)8-2-3-9(6-8)13(18)19/h7-10H,2-6H2,1H3,(H,14,17)(H,15,16)(H,18,19)/t7?,8-,9+/m1/s1. The van der Waals surface area contributed by atoms with Gasteiger partial charge in [-0.15, -0.1) is 0 Å². The third-order valence-electron chi connectivity index (χ3n) is 3.83. The molecule has 106 valence electrons. The first-order valence-electron chi connectivity index (χ1n) is 6.81. The Morgan fingerprint density at radius 2 is 1.74 bits per heavy atom. The van der Waals surface area contributed by atoms with Crippen molar-refractivity contribution in [2.24, 2.45) is 11.8 Å². The van der Waals surface area contributed by atoms with Crippen molar-refractivity contribution >= 4 is 17.8 Å². The van der Waals surface area contributed by atoms with Crippen molar-refractivity contribution in [1.82, 2.24) is 10.6 Å². The van der Waals surface area contributed by atoms with Crippen LogP contribution in [0.25, 0.3) is 0 Å². The number of carboxylic acids is 1. The number of hydrogen-bond donors (Lipinski definition) is 3. The van der Waals surface area contributed by atoms with Gasteiger partial charge in [0, 0.05) is 12.0 Å². The molecule has 2 fully saturated rings. The number of carbonyl (C=O) groups excluding carboxylic acids is 2. The van der Waals surface area contributed by atoms with Crippen LogP contribution in [0.5, 0.6) is 0 Å². The van der Waals surface area contributed by atoms with Gasteiger partial charge in [-0.05, 0) is 39.0 Å². The number of aliphatic carboxylic acids is 1. The molecule has 0 aromatic heterocycles. The summed E-state index contributed by atoms with van der Waals surface area (Å²) in [7, 11) is 0. The summed E-state index contributed by atoms with van der Waals surface area (Å²) < 4.78 is 0. The van der Waals surface area contributed by atoms with Gasteiger partial charge in [-0.2, -0.15) is 0 Å². The van der Waals surface area contributed by atoms with E-state index in [2.05, 4.69) is 10.6 Å². The van der Waals surface area contributed by atoms with E-state index in [-0.39, 0.29) is 23.8 Å². The molecule has 0 saturated heterocycles. The Morgan fingerprint density at radius 3 is 2.26 bits per heavy atom. The highest BCUT2D eigenvalue weighted by molar-refractivity contribution is 5.88. The normalized spacial score (nSPS) is 27.6. The molecule has 0 heterocycles. The summed E-state index contributed by atoms with van der Waals surface area (Å²) in [5, 5.41) is 14.4. The molecule has 0 aliphatic heterocycles. The Kier molecular flexibility index (Phi) is 4.07. The molecular weight excluding hydrogens is 248 g/mol. The second-order valence-electron chi connectivity index (χ2n) is 5.56. The lowest BCUT2D eigenvalue weighted by atomic mass is 10.0. The van der Waals surface area contributed by atoms with Crippen molar-refractivity contribution < 1.29 is 19.5 Å². The quantitative estimate of drug-likeness (QED) is 0.667. The molecule has 2 amide bonds. The van der Waals surface area contributed by atoms with Gasteiger partial charge in [-0.1, -0.05) is 0 Å². The molecule has 2 saturated carbocycles. The van der Waals surface area contributed by atoms with Gasteiger partial charge in [0.15, 0.2) is 0 Å². The van der Waals surface area contributed by atoms with E-state index >= 15 is 0 Å². The molecule has 3 atom stereocenters. The molecule has 3 N–H and O–H groups in total. The van der Waals surface area contributed by atoms with Gasteiger partial charge in [0.05, 0.1) is 5.92 Å². The fourth-order valence-corrected chi connectivity index (χ4v) is 2.39. The first-order valence-corrected chi connectivity index (χ1v) is 6.81. The highest BCUT2D eigenvalue weighted by Crippen LogP contribution is 2.31. The zero-order valence-corrected chi connectivity index (χ0v) is 11.0. The van der Waals surface area contributed by atoms with E-state index in [0.717, 1.165) is 12.8 Å². The van der Waals surface area contributed by atoms with Gasteiger partial charge in [0.1, 0.15) is 6.04 Å². The van der Waals surface area contributed by atoms with Crippen LogP contribution in [-0.4, -0.2) is 35.0 Å². The summed E-state index contributed by atoms with van der Waals surface area (Å²) in [6, 6.07) is -0.285. The van der Waals surface area contributed by atoms with Crippen LogP contribution in [-0.2, 0) is 14.4 Å². The number of carboxylic acid groups (broad SMARTS) is 1. The first kappa shape index (κ1) is 13.8. The molecule has 2 aliphatic carbocycles. The summed E-state index contributed by atoms with van der Waals surface area (Å²) in [4.78, 5) is 34.5. The molecule has 2 aliphatic rings. The number of amides is 2. The summed E-state index contributed by atoms with van der Waals surface area (Å²) >= 11 is 0. The topological polar surface area (TPSA) is 95.5 Å². The molecule has 19 heavy (non-hydrogen) atoms. The van der Waals surface area contributed by atoms with Crippen LogP contribution >= 0.6 is 0 Å². The van der Waals surface area contributed by atoms with Crippen molar-refractivity contribution in [3.8, 4) is 0 Å². The van der Waals surface area contributed by atoms with Gasteiger partial charge in [0.25, 0.3) is 0 Å². The van der Waals surface area contributed by atoms with E-state index in [1.54, 1.807) is 6.92 Å². The van der Waals surface area contributed by atoms with Crippen LogP contribution < -0.4 is 10.6 Å². The van der Waals surface area contributed by atoms with Gasteiger partial charge in [0.2, 0.25) is 11.8 Å². The van der Waals surface area contributed by atoms with E-state index in [1.165, 1.54) is 0 Å². The van der Waals surface area contributed by atoms with Crippen molar-refractivity contribution in [2.75, 3.05) is 0 Å². The number of hydrogen-bond acceptors (Lipinski definition) is 3. The van der Waals surface area contributed by atoms with Crippen LogP contribution in [0, 0.1) is 11.8 Å². The van der Waals surface area contributed by atoms with Crippen LogP contribution in [0.2, 0.25) is 0 Å². The third kappa shape index (κ3) is 3.68. The van der Waals surface area contributed by atoms with Crippen molar-refractivity contribution in [3.63, 3.8) is 0 Å². The smallest absolute Gasteiger partial charge is 0.306 e. The fraction of sp³-hybridized carbons (Fsp3) is 0.769. The monoisotopic (exact) mass is 268 g/mol. The van der Waals surface area contributed by atoms with E-state index in [4.69, 9.17) is 5.11 Å². The molecular formula is C13H20N2O4. The Balaban J connectivity index is 1.77. The van der Waals surface area contributed by atoms with Gasteiger partial charge >= 0.3 is 5.97 Å². The summed E-state index contributed by atoms with van der Waals surface area (Å²) in [5.41, 5.74) is 0. The molecule has 0 aromatic rings. The lowest BCUT2D eigenvalue weighted by Gasteiger charge is -2.16. The predicted octanol–water partition coefficient (Wildman–Crippen LogP) is 0.271. The summed E-state index contributed by atoms with van der Waals surface area (Å²) in [6.07, 6.45) is 3.51. The van der Waals surface area contributed by atoms with Crippen LogP contribution in [0.3, 0.4) is 0 Å². The van der Waals surface area contributed by atoms with Gasteiger partial charge in [-0.25, -0.2) is 0 Å². The molecule has 2 rings (SSSR count). The third-order valence-corrected chi connectivity index (χ3v) is 3.83. The fourth-order valence-electron chi connectivity index (χ4n) is 2.39. The number of carbonyl (C=O) groups is 3. The first-order chi connectivity index (χ1) is 8.97. The molecule has 0 radical (unpaired) electrons. The van der Waals surface area contributed by atoms with E-state index in [9.17, 15) is 14.4 Å². The highest BCUT2D eigenvalue weighted by Gasteiger charge is 2.35. The zero-order valence-electron chi connectivity index (χ0n) is 11.0. The zero-order chi connectivity index (χ0) is 14.0. The van der Waals surface area contributed by atoms with Crippen molar-refractivity contribution in [2.45, 2.75) is 51.1 Å². The summed E-state index contributed by atoms with van der Waals surface area (Å²) in [6.45, 7) is 1.65. The van der Waals surface area contributed by atoms with E-state index in [1.807, 2.05) is 0 Å². The van der Waals surface area contributed by atoms with Crippen LogP contribution in [0.15, 0.2) is 0 Å². The van der Waals surface area contributed by atoms with Crippen LogP contribution in [0.1, 0.15) is 39.0 Å². The Hall–Kier alpha value is -1.59. The maximum Gasteiger partial charge on any atom is 0.306 e. The highest BCUT2D eigenvalue weighted by atomic mass is 16.4. The second kappa shape index (κ2) is 5.59.